The quantitative estimate of drug-likeness (QED) is 0.884. The smallest absolute Gasteiger partial charge is 0.241 e. The molecule has 0 aromatic heterocycles. The summed E-state index contributed by atoms with van der Waals surface area (Å²) in [5.74, 6) is 0.945. The van der Waals surface area contributed by atoms with Gasteiger partial charge in [0.1, 0.15) is 0 Å². The van der Waals surface area contributed by atoms with Gasteiger partial charge < -0.3 is 5.32 Å². The molecule has 1 aromatic rings. The lowest BCUT2D eigenvalue weighted by atomic mass is 9.83. The maximum Gasteiger partial charge on any atom is 0.241 e. The van der Waals surface area contributed by atoms with E-state index in [1.807, 2.05) is 6.07 Å². The molecule has 3 saturated heterocycles. The van der Waals surface area contributed by atoms with Crippen molar-refractivity contribution in [2.24, 2.45) is 5.92 Å². The van der Waals surface area contributed by atoms with Gasteiger partial charge in [-0.15, -0.1) is 0 Å². The highest BCUT2D eigenvalue weighted by Crippen LogP contribution is 2.32. The van der Waals surface area contributed by atoms with Crippen molar-refractivity contribution in [1.29, 1.82) is 0 Å². The van der Waals surface area contributed by atoms with Gasteiger partial charge in [-0.05, 0) is 63.2 Å². The molecule has 19 heavy (non-hydrogen) atoms. The van der Waals surface area contributed by atoms with Gasteiger partial charge in [0.2, 0.25) is 5.91 Å². The SMILES string of the molecule is Cc1cccc(C)c1NC(=O)C1CC2CCN1CC2. The summed E-state index contributed by atoms with van der Waals surface area (Å²) in [5.41, 5.74) is 3.28. The average molecular weight is 258 g/mol. The van der Waals surface area contributed by atoms with Gasteiger partial charge in [0, 0.05) is 5.69 Å². The molecule has 3 heterocycles. The molecule has 3 heteroatoms. The number of para-hydroxylation sites is 1. The minimum Gasteiger partial charge on any atom is -0.324 e. The van der Waals surface area contributed by atoms with Crippen LogP contribution < -0.4 is 5.32 Å². The van der Waals surface area contributed by atoms with E-state index in [0.717, 1.165) is 42.2 Å². The Hall–Kier alpha value is -1.35. The standard InChI is InChI=1S/C16H22N2O/c1-11-4-3-5-12(2)15(11)17-16(19)14-10-13-6-8-18(14)9-7-13/h3-5,13-14H,6-10H2,1-2H3,(H,17,19). The Morgan fingerprint density at radius 3 is 2.37 bits per heavy atom. The summed E-state index contributed by atoms with van der Waals surface area (Å²) in [4.78, 5) is 14.9. The molecule has 1 amide bonds. The monoisotopic (exact) mass is 258 g/mol. The number of hydrogen-bond donors (Lipinski definition) is 1. The first-order valence-corrected chi connectivity index (χ1v) is 7.26. The molecule has 102 valence electrons. The maximum absolute atomic E-state index is 12.5. The fourth-order valence-electron chi connectivity index (χ4n) is 3.46. The Morgan fingerprint density at radius 1 is 1.21 bits per heavy atom. The topological polar surface area (TPSA) is 32.3 Å². The number of benzene rings is 1. The Morgan fingerprint density at radius 2 is 1.84 bits per heavy atom. The van der Waals surface area contributed by atoms with Crippen LogP contribution in [0.15, 0.2) is 18.2 Å². The van der Waals surface area contributed by atoms with Gasteiger partial charge in [-0.2, -0.15) is 0 Å². The van der Waals surface area contributed by atoms with E-state index in [2.05, 4.69) is 36.2 Å². The van der Waals surface area contributed by atoms with Crippen molar-refractivity contribution in [3.63, 3.8) is 0 Å². The van der Waals surface area contributed by atoms with Gasteiger partial charge >= 0.3 is 0 Å². The highest BCUT2D eigenvalue weighted by Gasteiger charge is 2.37. The molecule has 1 aromatic carbocycles. The highest BCUT2D eigenvalue weighted by molar-refractivity contribution is 5.96. The number of rotatable bonds is 2. The summed E-state index contributed by atoms with van der Waals surface area (Å²) >= 11 is 0. The molecule has 3 aliphatic rings. The molecule has 2 bridgehead atoms. The number of carbonyl (C=O) groups is 1. The lowest BCUT2D eigenvalue weighted by molar-refractivity contribution is -0.125. The average Bonchev–Trinajstić information content (AvgIpc) is 2.44. The predicted octanol–water partition coefficient (Wildman–Crippen LogP) is 2.73. The second-order valence-corrected chi connectivity index (χ2v) is 5.99. The van der Waals surface area contributed by atoms with Gasteiger partial charge in [-0.3, -0.25) is 9.69 Å². The summed E-state index contributed by atoms with van der Waals surface area (Å²) in [6, 6.07) is 6.23. The van der Waals surface area contributed by atoms with E-state index >= 15 is 0 Å². The fourth-order valence-corrected chi connectivity index (χ4v) is 3.46. The van der Waals surface area contributed by atoms with E-state index in [9.17, 15) is 4.79 Å². The molecular weight excluding hydrogens is 236 g/mol. The van der Waals surface area contributed by atoms with Crippen LogP contribution in [0.1, 0.15) is 30.4 Å². The van der Waals surface area contributed by atoms with Crippen molar-refractivity contribution in [3.8, 4) is 0 Å². The number of amides is 1. The lowest BCUT2D eigenvalue weighted by Gasteiger charge is -2.44. The Kier molecular flexibility index (Phi) is 3.31. The summed E-state index contributed by atoms with van der Waals surface area (Å²) in [6.07, 6.45) is 3.58. The molecular formula is C16H22N2O. The van der Waals surface area contributed by atoms with E-state index in [4.69, 9.17) is 0 Å². The number of fused-ring (bicyclic) bond motifs is 3. The third-order valence-electron chi connectivity index (χ3n) is 4.68. The number of nitrogens with one attached hydrogen (secondary N) is 1. The second kappa shape index (κ2) is 4.97. The largest absolute Gasteiger partial charge is 0.324 e. The summed E-state index contributed by atoms with van der Waals surface area (Å²) in [6.45, 7) is 6.29. The molecule has 0 radical (unpaired) electrons. The molecule has 3 nitrogen and oxygen atoms in total. The Bertz CT molecular complexity index is 469. The van der Waals surface area contributed by atoms with Gasteiger partial charge in [-0.25, -0.2) is 0 Å². The molecule has 0 saturated carbocycles. The van der Waals surface area contributed by atoms with E-state index in [-0.39, 0.29) is 11.9 Å². The Balaban J connectivity index is 1.75. The van der Waals surface area contributed by atoms with E-state index in [0.29, 0.717) is 0 Å². The minimum atomic E-state index is 0.0894. The first-order chi connectivity index (χ1) is 9.15. The molecule has 4 rings (SSSR count). The second-order valence-electron chi connectivity index (χ2n) is 5.99. The van der Waals surface area contributed by atoms with Crippen LogP contribution in [0.3, 0.4) is 0 Å². The van der Waals surface area contributed by atoms with Crippen molar-refractivity contribution in [1.82, 2.24) is 4.90 Å². The Labute approximate surface area is 115 Å². The van der Waals surface area contributed by atoms with Crippen LogP contribution in [-0.2, 0) is 4.79 Å². The van der Waals surface area contributed by atoms with Gasteiger partial charge in [-0.1, -0.05) is 18.2 Å². The van der Waals surface area contributed by atoms with Crippen LogP contribution in [0, 0.1) is 19.8 Å². The van der Waals surface area contributed by atoms with Crippen molar-refractivity contribution in [2.45, 2.75) is 39.2 Å². The summed E-state index contributed by atoms with van der Waals surface area (Å²) in [5, 5.41) is 3.15. The summed E-state index contributed by atoms with van der Waals surface area (Å²) < 4.78 is 0. The fraction of sp³-hybridized carbons (Fsp3) is 0.562. The third kappa shape index (κ3) is 2.39. The maximum atomic E-state index is 12.5. The first-order valence-electron chi connectivity index (χ1n) is 7.26. The minimum absolute atomic E-state index is 0.0894. The third-order valence-corrected chi connectivity index (χ3v) is 4.68. The normalized spacial score (nSPS) is 29.3. The van der Waals surface area contributed by atoms with E-state index in [1.54, 1.807) is 0 Å². The molecule has 0 aliphatic carbocycles. The van der Waals surface area contributed by atoms with Crippen molar-refractivity contribution in [3.05, 3.63) is 29.3 Å². The summed E-state index contributed by atoms with van der Waals surface area (Å²) in [7, 11) is 0. The first kappa shape index (κ1) is 12.7. The molecule has 3 aliphatic heterocycles. The van der Waals surface area contributed by atoms with E-state index < -0.39 is 0 Å². The number of piperidine rings is 3. The van der Waals surface area contributed by atoms with Crippen LogP contribution in [-0.4, -0.2) is 29.9 Å². The lowest BCUT2D eigenvalue weighted by Crippen LogP contribution is -2.53. The van der Waals surface area contributed by atoms with Crippen LogP contribution in [0.25, 0.3) is 0 Å². The van der Waals surface area contributed by atoms with Crippen LogP contribution in [0.4, 0.5) is 5.69 Å². The number of anilines is 1. The van der Waals surface area contributed by atoms with Crippen LogP contribution in [0.2, 0.25) is 0 Å². The number of hydrogen-bond acceptors (Lipinski definition) is 2. The van der Waals surface area contributed by atoms with Crippen molar-refractivity contribution >= 4 is 11.6 Å². The molecule has 1 unspecified atom stereocenters. The highest BCUT2D eigenvalue weighted by atomic mass is 16.2. The van der Waals surface area contributed by atoms with Crippen molar-refractivity contribution in [2.75, 3.05) is 18.4 Å². The van der Waals surface area contributed by atoms with Gasteiger partial charge in [0.15, 0.2) is 0 Å². The molecule has 1 atom stereocenters. The molecule has 0 spiro atoms. The molecule has 1 N–H and O–H groups in total. The zero-order valence-corrected chi connectivity index (χ0v) is 11.8. The van der Waals surface area contributed by atoms with Gasteiger partial charge in [0.25, 0.3) is 0 Å². The van der Waals surface area contributed by atoms with Crippen molar-refractivity contribution < 1.29 is 4.79 Å². The van der Waals surface area contributed by atoms with Crippen LogP contribution in [0.5, 0.6) is 0 Å². The predicted molar refractivity (Wildman–Crippen MR) is 77.2 cm³/mol. The number of aryl methyl sites for hydroxylation is 2. The van der Waals surface area contributed by atoms with E-state index in [1.165, 1.54) is 12.8 Å². The van der Waals surface area contributed by atoms with Gasteiger partial charge in [0.05, 0.1) is 6.04 Å². The number of carbonyl (C=O) groups excluding carboxylic acids is 1. The zero-order valence-electron chi connectivity index (χ0n) is 11.8. The zero-order chi connectivity index (χ0) is 13.4. The molecule has 3 fully saturated rings. The number of nitrogens with zero attached hydrogens (tertiary/aromatic N) is 1. The van der Waals surface area contributed by atoms with Crippen LogP contribution >= 0.6 is 0 Å².